The van der Waals surface area contributed by atoms with E-state index in [1.54, 1.807) is 60.3 Å². The Kier molecular flexibility index (Phi) is 6.41. The van der Waals surface area contributed by atoms with Crippen molar-refractivity contribution in [1.29, 1.82) is 0 Å². The normalized spacial score (nSPS) is 16.9. The summed E-state index contributed by atoms with van der Waals surface area (Å²) in [5.74, 6) is -0.201. The summed E-state index contributed by atoms with van der Waals surface area (Å²) in [4.78, 5) is 13.4. The summed E-state index contributed by atoms with van der Waals surface area (Å²) in [5, 5.41) is 2.84. The topological polar surface area (TPSA) is 84.5 Å². The first-order chi connectivity index (χ1) is 13.0. The van der Waals surface area contributed by atoms with E-state index in [0.717, 1.165) is 24.3 Å². The number of sulfonamides is 1. The number of ether oxygens (including phenoxy) is 1. The Balaban J connectivity index is 1.61. The van der Waals surface area contributed by atoms with Gasteiger partial charge < -0.3 is 10.1 Å². The SMILES string of the molecule is CSc1ccc(S(=O)(=O)Nc2ccc(C(=O)NC[C@@H]3CCCO3)cc2)cc1. The van der Waals surface area contributed by atoms with E-state index in [0.29, 0.717) is 17.8 Å². The zero-order valence-corrected chi connectivity index (χ0v) is 16.6. The Bertz CT molecular complexity index is 875. The molecule has 0 radical (unpaired) electrons. The molecule has 0 aromatic heterocycles. The van der Waals surface area contributed by atoms with Gasteiger partial charge in [-0.15, -0.1) is 11.8 Å². The van der Waals surface area contributed by atoms with Crippen LogP contribution >= 0.6 is 11.8 Å². The van der Waals surface area contributed by atoms with Crippen molar-refractivity contribution in [1.82, 2.24) is 5.32 Å². The van der Waals surface area contributed by atoms with Crippen LogP contribution in [-0.4, -0.2) is 39.8 Å². The Morgan fingerprint density at radius 1 is 1.15 bits per heavy atom. The predicted molar refractivity (Wildman–Crippen MR) is 107 cm³/mol. The first-order valence-electron chi connectivity index (χ1n) is 8.65. The van der Waals surface area contributed by atoms with Crippen LogP contribution in [0.25, 0.3) is 0 Å². The van der Waals surface area contributed by atoms with Crippen molar-refractivity contribution in [3.63, 3.8) is 0 Å². The number of rotatable bonds is 7. The average molecular weight is 407 g/mol. The highest BCUT2D eigenvalue weighted by Crippen LogP contribution is 2.20. The van der Waals surface area contributed by atoms with Crippen LogP contribution in [-0.2, 0) is 14.8 Å². The molecule has 1 amide bonds. The summed E-state index contributed by atoms with van der Waals surface area (Å²) in [7, 11) is -3.67. The third-order valence-corrected chi connectivity index (χ3v) is 6.42. The zero-order chi connectivity index (χ0) is 19.3. The molecule has 1 fully saturated rings. The van der Waals surface area contributed by atoms with Crippen LogP contribution in [0.5, 0.6) is 0 Å². The number of hydrogen-bond acceptors (Lipinski definition) is 5. The Labute approximate surface area is 163 Å². The molecule has 6 nitrogen and oxygen atoms in total. The highest BCUT2D eigenvalue weighted by atomic mass is 32.2. The van der Waals surface area contributed by atoms with Gasteiger partial charge in [0.2, 0.25) is 0 Å². The minimum atomic E-state index is -3.67. The second-order valence-electron chi connectivity index (χ2n) is 6.20. The van der Waals surface area contributed by atoms with E-state index in [4.69, 9.17) is 4.74 Å². The molecule has 8 heteroatoms. The first-order valence-corrected chi connectivity index (χ1v) is 11.4. The fraction of sp³-hybridized carbons (Fsp3) is 0.316. The third kappa shape index (κ3) is 5.24. The molecule has 1 aliphatic rings. The molecule has 1 atom stereocenters. The second-order valence-corrected chi connectivity index (χ2v) is 8.77. The number of carbonyl (C=O) groups excluding carboxylic acids is 1. The molecule has 144 valence electrons. The summed E-state index contributed by atoms with van der Waals surface area (Å²) in [5.41, 5.74) is 0.875. The minimum absolute atomic E-state index is 0.0810. The number of hydrogen-bond donors (Lipinski definition) is 2. The quantitative estimate of drug-likeness (QED) is 0.690. The number of benzene rings is 2. The molecule has 3 rings (SSSR count). The summed E-state index contributed by atoms with van der Waals surface area (Å²) in [6.45, 7) is 1.23. The van der Waals surface area contributed by atoms with Crippen LogP contribution in [0.3, 0.4) is 0 Å². The molecule has 0 bridgehead atoms. The van der Waals surface area contributed by atoms with E-state index in [1.807, 2.05) is 6.26 Å². The highest BCUT2D eigenvalue weighted by molar-refractivity contribution is 7.98. The first kappa shape index (κ1) is 19.7. The second kappa shape index (κ2) is 8.77. The van der Waals surface area contributed by atoms with Crippen molar-refractivity contribution in [2.45, 2.75) is 28.7 Å². The van der Waals surface area contributed by atoms with Crippen molar-refractivity contribution < 1.29 is 17.9 Å². The Morgan fingerprint density at radius 2 is 1.85 bits per heavy atom. The largest absolute Gasteiger partial charge is 0.376 e. The van der Waals surface area contributed by atoms with Crippen molar-refractivity contribution in [3.8, 4) is 0 Å². The third-order valence-electron chi connectivity index (χ3n) is 4.28. The number of nitrogens with one attached hydrogen (secondary N) is 2. The smallest absolute Gasteiger partial charge is 0.261 e. The van der Waals surface area contributed by atoms with Crippen LogP contribution in [0.15, 0.2) is 58.3 Å². The molecule has 0 unspecified atom stereocenters. The van der Waals surface area contributed by atoms with Gasteiger partial charge in [0.1, 0.15) is 0 Å². The molecule has 1 aliphatic heterocycles. The lowest BCUT2D eigenvalue weighted by Crippen LogP contribution is -2.31. The van der Waals surface area contributed by atoms with Gasteiger partial charge in [-0.05, 0) is 67.6 Å². The molecule has 0 aliphatic carbocycles. The van der Waals surface area contributed by atoms with E-state index in [2.05, 4.69) is 10.0 Å². The van der Waals surface area contributed by atoms with Crippen molar-refractivity contribution in [3.05, 3.63) is 54.1 Å². The van der Waals surface area contributed by atoms with Gasteiger partial charge in [-0.3, -0.25) is 9.52 Å². The molecule has 2 N–H and O–H groups in total. The number of thioether (sulfide) groups is 1. The molecule has 1 heterocycles. The van der Waals surface area contributed by atoms with Gasteiger partial charge in [-0.25, -0.2) is 8.42 Å². The lowest BCUT2D eigenvalue weighted by molar-refractivity contribution is 0.0858. The van der Waals surface area contributed by atoms with E-state index >= 15 is 0 Å². The Morgan fingerprint density at radius 3 is 2.44 bits per heavy atom. The summed E-state index contributed by atoms with van der Waals surface area (Å²) >= 11 is 1.55. The van der Waals surface area contributed by atoms with Gasteiger partial charge in [0.15, 0.2) is 0 Å². The maximum Gasteiger partial charge on any atom is 0.261 e. The van der Waals surface area contributed by atoms with Gasteiger partial charge in [0.05, 0.1) is 11.0 Å². The fourth-order valence-electron chi connectivity index (χ4n) is 2.77. The molecule has 0 saturated carbocycles. The highest BCUT2D eigenvalue weighted by Gasteiger charge is 2.17. The van der Waals surface area contributed by atoms with E-state index in [-0.39, 0.29) is 16.9 Å². The fourth-order valence-corrected chi connectivity index (χ4v) is 4.24. The van der Waals surface area contributed by atoms with Gasteiger partial charge in [-0.1, -0.05) is 0 Å². The number of anilines is 1. The summed E-state index contributed by atoms with van der Waals surface area (Å²) in [6, 6.07) is 13.0. The van der Waals surface area contributed by atoms with Gasteiger partial charge >= 0.3 is 0 Å². The average Bonchev–Trinajstić information content (AvgIpc) is 3.20. The summed E-state index contributed by atoms with van der Waals surface area (Å²) in [6.07, 6.45) is 3.99. The maximum absolute atomic E-state index is 12.5. The van der Waals surface area contributed by atoms with Crippen LogP contribution in [0.4, 0.5) is 5.69 Å². The minimum Gasteiger partial charge on any atom is -0.376 e. The van der Waals surface area contributed by atoms with Crippen LogP contribution < -0.4 is 10.0 Å². The molecular weight excluding hydrogens is 384 g/mol. The van der Waals surface area contributed by atoms with E-state index in [1.165, 1.54) is 0 Å². The molecule has 2 aromatic carbocycles. The van der Waals surface area contributed by atoms with Crippen LogP contribution in [0.1, 0.15) is 23.2 Å². The van der Waals surface area contributed by atoms with Crippen LogP contribution in [0, 0.1) is 0 Å². The molecule has 2 aromatic rings. The van der Waals surface area contributed by atoms with Gasteiger partial charge in [0.25, 0.3) is 15.9 Å². The summed E-state index contributed by atoms with van der Waals surface area (Å²) < 4.78 is 32.9. The number of carbonyl (C=O) groups is 1. The van der Waals surface area contributed by atoms with Crippen LogP contribution in [0.2, 0.25) is 0 Å². The monoisotopic (exact) mass is 406 g/mol. The Hall–Kier alpha value is -2.03. The zero-order valence-electron chi connectivity index (χ0n) is 15.0. The lowest BCUT2D eigenvalue weighted by atomic mass is 10.2. The number of amides is 1. The predicted octanol–water partition coefficient (Wildman–Crippen LogP) is 3.12. The molecule has 0 spiro atoms. The maximum atomic E-state index is 12.5. The lowest BCUT2D eigenvalue weighted by Gasteiger charge is -2.12. The van der Waals surface area contributed by atoms with Gasteiger partial charge in [0, 0.05) is 29.3 Å². The standard InChI is InChI=1S/C19H22N2O4S2/c1-26-17-8-10-18(11-9-17)27(23,24)21-15-6-4-14(5-7-15)19(22)20-13-16-3-2-12-25-16/h4-11,16,21H,2-3,12-13H2,1H3,(H,20,22)/t16-/m0/s1. The van der Waals surface area contributed by atoms with Gasteiger partial charge in [-0.2, -0.15) is 0 Å². The van der Waals surface area contributed by atoms with Crippen molar-refractivity contribution >= 4 is 33.4 Å². The van der Waals surface area contributed by atoms with E-state index in [9.17, 15) is 13.2 Å². The van der Waals surface area contributed by atoms with Crippen molar-refractivity contribution in [2.24, 2.45) is 0 Å². The van der Waals surface area contributed by atoms with E-state index < -0.39 is 10.0 Å². The van der Waals surface area contributed by atoms with Crippen molar-refractivity contribution in [2.75, 3.05) is 24.1 Å². The molecule has 1 saturated heterocycles. The molecule has 27 heavy (non-hydrogen) atoms. The molecular formula is C19H22N2O4S2.